The Bertz CT molecular complexity index is 924. The van der Waals surface area contributed by atoms with Gasteiger partial charge in [-0.3, -0.25) is 9.79 Å². The minimum Gasteiger partial charge on any atom is -0.496 e. The summed E-state index contributed by atoms with van der Waals surface area (Å²) in [4.78, 5) is 18.1. The van der Waals surface area contributed by atoms with E-state index in [1.54, 1.807) is 20.4 Å². The minimum atomic E-state index is -0.720. The molecule has 0 fully saturated rings. The van der Waals surface area contributed by atoms with Crippen molar-refractivity contribution in [2.45, 2.75) is 45.3 Å². The van der Waals surface area contributed by atoms with E-state index >= 15 is 0 Å². The van der Waals surface area contributed by atoms with Crippen LogP contribution in [0.5, 0.6) is 17.2 Å². The van der Waals surface area contributed by atoms with Crippen LogP contribution >= 0.6 is 0 Å². The number of unbranched alkanes of at least 4 members (excludes halogenated alkanes) is 1. The summed E-state index contributed by atoms with van der Waals surface area (Å²) in [5.74, 6) is 2.06. The Hall–Kier alpha value is -2.86. The van der Waals surface area contributed by atoms with Gasteiger partial charge >= 0.3 is 0 Å². The van der Waals surface area contributed by atoms with E-state index in [0.717, 1.165) is 35.3 Å². The van der Waals surface area contributed by atoms with Crippen LogP contribution in [-0.4, -0.2) is 45.5 Å². The SMILES string of the molecule is CCCCC(N=Cc1ccc(C)c(OC)c1)C(=O)C(OC)c1ccc2c(c1)OCCO2. The summed E-state index contributed by atoms with van der Waals surface area (Å²) in [7, 11) is 3.19. The number of carbonyl (C=O) groups excluding carboxylic acids is 1. The van der Waals surface area contributed by atoms with E-state index in [2.05, 4.69) is 11.9 Å². The number of benzene rings is 2. The quantitative estimate of drug-likeness (QED) is 0.516. The van der Waals surface area contributed by atoms with Gasteiger partial charge in [-0.05, 0) is 48.2 Å². The molecule has 0 amide bonds. The zero-order valence-electron chi connectivity index (χ0n) is 18.7. The lowest BCUT2D eigenvalue weighted by atomic mass is 9.96. The van der Waals surface area contributed by atoms with E-state index in [4.69, 9.17) is 18.9 Å². The lowest BCUT2D eigenvalue weighted by Gasteiger charge is -2.22. The van der Waals surface area contributed by atoms with E-state index in [1.165, 1.54) is 0 Å². The molecular formula is C25H31NO5. The number of hydrogen-bond donors (Lipinski definition) is 0. The highest BCUT2D eigenvalue weighted by molar-refractivity contribution is 5.92. The van der Waals surface area contributed by atoms with Crippen molar-refractivity contribution in [2.75, 3.05) is 27.4 Å². The van der Waals surface area contributed by atoms with Gasteiger partial charge in [-0.2, -0.15) is 0 Å². The van der Waals surface area contributed by atoms with Crippen molar-refractivity contribution in [3.63, 3.8) is 0 Å². The number of aliphatic imine (C=N–C) groups is 1. The third-order valence-electron chi connectivity index (χ3n) is 5.36. The fraction of sp³-hybridized carbons (Fsp3) is 0.440. The van der Waals surface area contributed by atoms with E-state index in [9.17, 15) is 4.79 Å². The Morgan fingerprint density at radius 2 is 1.90 bits per heavy atom. The number of aryl methyl sites for hydroxylation is 1. The summed E-state index contributed by atoms with van der Waals surface area (Å²) < 4.78 is 22.3. The zero-order chi connectivity index (χ0) is 22.2. The van der Waals surface area contributed by atoms with E-state index < -0.39 is 12.1 Å². The molecule has 2 unspecified atom stereocenters. The van der Waals surface area contributed by atoms with Gasteiger partial charge in [0.1, 0.15) is 31.1 Å². The Kier molecular flexibility index (Phi) is 8.06. The standard InChI is InChI=1S/C25H31NO5/c1-5-6-7-20(26-16-18-9-8-17(2)22(14-18)28-3)24(27)25(29-4)19-10-11-21-23(15-19)31-13-12-30-21/h8-11,14-16,20,25H,5-7,12-13H2,1-4H3. The normalized spacial score (nSPS) is 15.0. The molecule has 6 nitrogen and oxygen atoms in total. The monoisotopic (exact) mass is 425 g/mol. The first-order chi connectivity index (χ1) is 15.1. The average Bonchev–Trinajstić information content (AvgIpc) is 2.80. The van der Waals surface area contributed by atoms with Crippen molar-refractivity contribution in [3.05, 3.63) is 53.1 Å². The molecular weight excluding hydrogens is 394 g/mol. The lowest BCUT2D eigenvalue weighted by molar-refractivity contribution is -0.130. The van der Waals surface area contributed by atoms with Gasteiger partial charge in [0.25, 0.3) is 0 Å². The van der Waals surface area contributed by atoms with Crippen LogP contribution in [0.15, 0.2) is 41.4 Å². The van der Waals surface area contributed by atoms with Gasteiger partial charge in [0, 0.05) is 13.3 Å². The first-order valence-electron chi connectivity index (χ1n) is 10.7. The summed E-state index contributed by atoms with van der Waals surface area (Å²) in [5.41, 5.74) is 2.69. The molecule has 166 valence electrons. The summed E-state index contributed by atoms with van der Waals surface area (Å²) >= 11 is 0. The highest BCUT2D eigenvalue weighted by Crippen LogP contribution is 2.34. The molecule has 6 heteroatoms. The Morgan fingerprint density at radius 3 is 2.61 bits per heavy atom. The number of methoxy groups -OCH3 is 2. The van der Waals surface area contributed by atoms with Crippen LogP contribution in [0.4, 0.5) is 0 Å². The number of hydrogen-bond acceptors (Lipinski definition) is 6. The molecule has 3 rings (SSSR count). The minimum absolute atomic E-state index is 0.0667. The van der Waals surface area contributed by atoms with Gasteiger partial charge in [0.05, 0.1) is 7.11 Å². The molecule has 1 aliphatic rings. The van der Waals surface area contributed by atoms with Crippen LogP contribution in [0.3, 0.4) is 0 Å². The van der Waals surface area contributed by atoms with Crippen molar-refractivity contribution >= 4 is 12.0 Å². The summed E-state index contributed by atoms with van der Waals surface area (Å²) in [6.07, 6.45) is 3.58. The lowest BCUT2D eigenvalue weighted by Crippen LogP contribution is -2.27. The highest BCUT2D eigenvalue weighted by Gasteiger charge is 2.28. The topological polar surface area (TPSA) is 66.4 Å². The van der Waals surface area contributed by atoms with Crippen LogP contribution in [0.25, 0.3) is 0 Å². The van der Waals surface area contributed by atoms with Gasteiger partial charge in [-0.15, -0.1) is 0 Å². The first kappa shape index (κ1) is 22.8. The van der Waals surface area contributed by atoms with Crippen LogP contribution < -0.4 is 14.2 Å². The third-order valence-corrected chi connectivity index (χ3v) is 5.36. The molecule has 0 saturated carbocycles. The second kappa shape index (κ2) is 11.0. The predicted octanol–water partition coefficient (Wildman–Crippen LogP) is 4.71. The Morgan fingerprint density at radius 1 is 1.13 bits per heavy atom. The van der Waals surface area contributed by atoms with E-state index in [-0.39, 0.29) is 5.78 Å². The van der Waals surface area contributed by atoms with Crippen molar-refractivity contribution in [2.24, 2.45) is 4.99 Å². The fourth-order valence-electron chi connectivity index (χ4n) is 3.59. The maximum absolute atomic E-state index is 13.4. The molecule has 1 aliphatic heterocycles. The Balaban J connectivity index is 1.83. The number of fused-ring (bicyclic) bond motifs is 1. The first-order valence-corrected chi connectivity index (χ1v) is 10.7. The molecule has 2 aromatic carbocycles. The van der Waals surface area contributed by atoms with Gasteiger partial charge in [0.2, 0.25) is 0 Å². The van der Waals surface area contributed by atoms with E-state index in [1.807, 2.05) is 43.3 Å². The van der Waals surface area contributed by atoms with Crippen LogP contribution in [0.2, 0.25) is 0 Å². The molecule has 0 aromatic heterocycles. The highest BCUT2D eigenvalue weighted by atomic mass is 16.6. The molecule has 2 aromatic rings. The zero-order valence-corrected chi connectivity index (χ0v) is 18.7. The number of rotatable bonds is 10. The maximum Gasteiger partial charge on any atom is 0.190 e. The second-order valence-electron chi connectivity index (χ2n) is 7.59. The number of nitrogens with zero attached hydrogens (tertiary/aromatic N) is 1. The van der Waals surface area contributed by atoms with Crippen LogP contribution in [0, 0.1) is 6.92 Å². The van der Waals surface area contributed by atoms with Crippen LogP contribution in [0.1, 0.15) is 49.0 Å². The molecule has 1 heterocycles. The molecule has 0 radical (unpaired) electrons. The van der Waals surface area contributed by atoms with Crippen molar-refractivity contribution in [3.8, 4) is 17.2 Å². The number of ketones is 1. The molecule has 0 saturated heterocycles. The van der Waals surface area contributed by atoms with Crippen molar-refractivity contribution in [1.82, 2.24) is 0 Å². The molecule has 31 heavy (non-hydrogen) atoms. The molecule has 0 aliphatic carbocycles. The largest absolute Gasteiger partial charge is 0.496 e. The van der Waals surface area contributed by atoms with Gasteiger partial charge in [-0.1, -0.05) is 38.0 Å². The molecule has 2 atom stereocenters. The second-order valence-corrected chi connectivity index (χ2v) is 7.59. The number of carbonyl (C=O) groups is 1. The van der Waals surface area contributed by atoms with Gasteiger partial charge in [0.15, 0.2) is 17.3 Å². The average molecular weight is 426 g/mol. The number of Topliss-reactive ketones (excluding diaryl/α,β-unsaturated/α-hetero) is 1. The molecule has 0 spiro atoms. The van der Waals surface area contributed by atoms with Crippen LogP contribution in [-0.2, 0) is 9.53 Å². The number of ether oxygens (including phenoxy) is 4. The molecule has 0 bridgehead atoms. The van der Waals surface area contributed by atoms with Crippen molar-refractivity contribution < 1.29 is 23.7 Å². The van der Waals surface area contributed by atoms with Gasteiger partial charge < -0.3 is 18.9 Å². The third kappa shape index (κ3) is 5.64. The maximum atomic E-state index is 13.4. The van der Waals surface area contributed by atoms with Gasteiger partial charge in [-0.25, -0.2) is 0 Å². The summed E-state index contributed by atoms with van der Waals surface area (Å²) in [5, 5.41) is 0. The fourth-order valence-corrected chi connectivity index (χ4v) is 3.59. The van der Waals surface area contributed by atoms with E-state index in [0.29, 0.717) is 31.1 Å². The van der Waals surface area contributed by atoms with Crippen molar-refractivity contribution in [1.29, 1.82) is 0 Å². The smallest absolute Gasteiger partial charge is 0.190 e. The summed E-state index contributed by atoms with van der Waals surface area (Å²) in [6, 6.07) is 10.9. The summed E-state index contributed by atoms with van der Waals surface area (Å²) in [6.45, 7) is 5.11. The Labute approximate surface area is 184 Å². The molecule has 0 N–H and O–H groups in total. The predicted molar refractivity (Wildman–Crippen MR) is 121 cm³/mol.